The van der Waals surface area contributed by atoms with Gasteiger partial charge in [-0.2, -0.15) is 0 Å². The van der Waals surface area contributed by atoms with Crippen LogP contribution in [0.1, 0.15) is 56.4 Å². The lowest BCUT2D eigenvalue weighted by Gasteiger charge is -2.25. The predicted octanol–water partition coefficient (Wildman–Crippen LogP) is 2.35. The summed E-state index contributed by atoms with van der Waals surface area (Å²) in [5.74, 6) is -0.646. The van der Waals surface area contributed by atoms with Gasteiger partial charge in [0, 0.05) is 24.9 Å². The fourth-order valence-electron chi connectivity index (χ4n) is 3.22. The van der Waals surface area contributed by atoms with E-state index >= 15 is 0 Å². The van der Waals surface area contributed by atoms with Gasteiger partial charge in [-0.1, -0.05) is 19.3 Å². The molecule has 2 N–H and O–H groups in total. The standard InChI is InChI=1S/C16H21N3O2/c20-15-7-6-14(16(21)19-15)11-8-13(10-17-9-11)18-12-4-2-1-3-5-12/h8-10,12,14,18H,1-7H2,(H,19,20,21). The van der Waals surface area contributed by atoms with E-state index in [-0.39, 0.29) is 17.7 Å². The van der Waals surface area contributed by atoms with Gasteiger partial charge < -0.3 is 5.32 Å². The average molecular weight is 287 g/mol. The Hall–Kier alpha value is -1.91. The summed E-state index contributed by atoms with van der Waals surface area (Å²) in [6.45, 7) is 0. The molecule has 1 saturated carbocycles. The Kier molecular flexibility index (Phi) is 4.18. The van der Waals surface area contributed by atoms with Crippen LogP contribution in [-0.4, -0.2) is 22.8 Å². The van der Waals surface area contributed by atoms with Gasteiger partial charge in [0.15, 0.2) is 0 Å². The Labute approximate surface area is 124 Å². The van der Waals surface area contributed by atoms with Crippen molar-refractivity contribution in [2.45, 2.75) is 56.9 Å². The van der Waals surface area contributed by atoms with E-state index in [1.54, 1.807) is 6.20 Å². The number of pyridine rings is 1. The van der Waals surface area contributed by atoms with Crippen molar-refractivity contribution in [2.75, 3.05) is 5.32 Å². The summed E-state index contributed by atoms with van der Waals surface area (Å²) >= 11 is 0. The predicted molar refractivity (Wildman–Crippen MR) is 79.9 cm³/mol. The van der Waals surface area contributed by atoms with Gasteiger partial charge >= 0.3 is 0 Å². The van der Waals surface area contributed by atoms with Gasteiger partial charge in [0.1, 0.15) is 0 Å². The van der Waals surface area contributed by atoms with Crippen LogP contribution in [0.3, 0.4) is 0 Å². The number of aromatic nitrogens is 1. The van der Waals surface area contributed by atoms with Crippen molar-refractivity contribution in [1.29, 1.82) is 0 Å². The first-order valence-corrected chi connectivity index (χ1v) is 7.77. The third-order valence-electron chi connectivity index (χ3n) is 4.38. The highest BCUT2D eigenvalue weighted by Crippen LogP contribution is 2.27. The number of piperidine rings is 1. The minimum Gasteiger partial charge on any atom is -0.381 e. The number of anilines is 1. The van der Waals surface area contributed by atoms with Crippen molar-refractivity contribution in [3.05, 3.63) is 24.0 Å². The van der Waals surface area contributed by atoms with Crippen LogP contribution < -0.4 is 10.6 Å². The number of rotatable bonds is 3. The fourth-order valence-corrected chi connectivity index (χ4v) is 3.22. The third-order valence-corrected chi connectivity index (χ3v) is 4.38. The molecule has 112 valence electrons. The quantitative estimate of drug-likeness (QED) is 0.837. The van der Waals surface area contributed by atoms with Gasteiger partial charge in [0.05, 0.1) is 11.6 Å². The summed E-state index contributed by atoms with van der Waals surface area (Å²) in [4.78, 5) is 27.4. The number of amides is 2. The molecule has 2 amide bonds. The van der Waals surface area contributed by atoms with Crippen LogP contribution >= 0.6 is 0 Å². The van der Waals surface area contributed by atoms with Crippen molar-refractivity contribution in [3.8, 4) is 0 Å². The maximum atomic E-state index is 11.9. The monoisotopic (exact) mass is 287 g/mol. The summed E-state index contributed by atoms with van der Waals surface area (Å²) in [5, 5.41) is 5.93. The lowest BCUT2D eigenvalue weighted by atomic mass is 9.91. The molecule has 5 heteroatoms. The molecule has 2 heterocycles. The topological polar surface area (TPSA) is 71.1 Å². The molecule has 1 aliphatic heterocycles. The zero-order chi connectivity index (χ0) is 14.7. The molecule has 1 atom stereocenters. The van der Waals surface area contributed by atoms with E-state index in [1.807, 2.05) is 12.3 Å². The van der Waals surface area contributed by atoms with Crippen molar-refractivity contribution in [2.24, 2.45) is 0 Å². The SMILES string of the molecule is O=C1CCC(c2cncc(NC3CCCCC3)c2)C(=O)N1. The molecule has 0 spiro atoms. The molecule has 0 bridgehead atoms. The molecule has 1 unspecified atom stereocenters. The van der Waals surface area contributed by atoms with Crippen LogP contribution in [0.5, 0.6) is 0 Å². The highest BCUT2D eigenvalue weighted by atomic mass is 16.2. The second-order valence-corrected chi connectivity index (χ2v) is 5.99. The maximum Gasteiger partial charge on any atom is 0.234 e. The molecule has 0 radical (unpaired) electrons. The summed E-state index contributed by atoms with van der Waals surface area (Å²) in [6.07, 6.45) is 10.8. The van der Waals surface area contributed by atoms with Crippen LogP contribution in [0.4, 0.5) is 5.69 Å². The van der Waals surface area contributed by atoms with E-state index in [2.05, 4.69) is 15.6 Å². The Bertz CT molecular complexity index is 538. The van der Waals surface area contributed by atoms with Crippen LogP contribution in [0.25, 0.3) is 0 Å². The van der Waals surface area contributed by atoms with E-state index in [0.29, 0.717) is 18.9 Å². The lowest BCUT2D eigenvalue weighted by Crippen LogP contribution is -2.39. The molecule has 1 aromatic heterocycles. The molecule has 5 nitrogen and oxygen atoms in total. The van der Waals surface area contributed by atoms with Crippen LogP contribution in [0, 0.1) is 0 Å². The summed E-state index contributed by atoms with van der Waals surface area (Å²) in [6, 6.07) is 2.51. The molecule has 0 aromatic carbocycles. The number of imide groups is 1. The minimum absolute atomic E-state index is 0.180. The Morgan fingerprint density at radius 3 is 2.67 bits per heavy atom. The van der Waals surface area contributed by atoms with E-state index in [9.17, 15) is 9.59 Å². The number of carbonyl (C=O) groups is 2. The molecule has 1 aromatic rings. The second kappa shape index (κ2) is 6.24. The average Bonchev–Trinajstić information content (AvgIpc) is 2.48. The van der Waals surface area contributed by atoms with Gasteiger partial charge in [0.2, 0.25) is 11.8 Å². The molecule has 3 rings (SSSR count). The summed E-state index contributed by atoms with van der Waals surface area (Å²) in [5.41, 5.74) is 1.87. The zero-order valence-electron chi connectivity index (χ0n) is 12.1. The number of hydrogen-bond acceptors (Lipinski definition) is 4. The number of hydrogen-bond donors (Lipinski definition) is 2. The number of carbonyl (C=O) groups excluding carboxylic acids is 2. The van der Waals surface area contributed by atoms with Crippen molar-refractivity contribution >= 4 is 17.5 Å². The molecular formula is C16H21N3O2. The van der Waals surface area contributed by atoms with Crippen molar-refractivity contribution < 1.29 is 9.59 Å². The first-order valence-electron chi connectivity index (χ1n) is 7.77. The van der Waals surface area contributed by atoms with Gasteiger partial charge in [-0.3, -0.25) is 19.9 Å². The minimum atomic E-state index is -0.261. The van der Waals surface area contributed by atoms with Crippen LogP contribution in [-0.2, 0) is 9.59 Å². The second-order valence-electron chi connectivity index (χ2n) is 5.99. The Morgan fingerprint density at radius 1 is 1.10 bits per heavy atom. The Balaban J connectivity index is 1.70. The smallest absolute Gasteiger partial charge is 0.234 e. The largest absolute Gasteiger partial charge is 0.381 e. The van der Waals surface area contributed by atoms with E-state index in [0.717, 1.165) is 11.3 Å². The first kappa shape index (κ1) is 14.0. The molecule has 1 aliphatic carbocycles. The molecule has 2 fully saturated rings. The van der Waals surface area contributed by atoms with Gasteiger partial charge in [-0.15, -0.1) is 0 Å². The molecule has 2 aliphatic rings. The van der Waals surface area contributed by atoms with Gasteiger partial charge in [-0.25, -0.2) is 0 Å². The molecular weight excluding hydrogens is 266 g/mol. The third kappa shape index (κ3) is 3.40. The van der Waals surface area contributed by atoms with Crippen molar-refractivity contribution in [3.63, 3.8) is 0 Å². The van der Waals surface area contributed by atoms with Gasteiger partial charge in [-0.05, 0) is 30.9 Å². The normalized spacial score (nSPS) is 23.7. The molecule has 21 heavy (non-hydrogen) atoms. The molecule has 1 saturated heterocycles. The maximum absolute atomic E-state index is 11.9. The highest BCUT2D eigenvalue weighted by molar-refractivity contribution is 6.00. The van der Waals surface area contributed by atoms with Crippen LogP contribution in [0.15, 0.2) is 18.5 Å². The first-order chi connectivity index (χ1) is 10.2. The van der Waals surface area contributed by atoms with E-state index in [4.69, 9.17) is 0 Å². The highest BCUT2D eigenvalue weighted by Gasteiger charge is 2.28. The van der Waals surface area contributed by atoms with E-state index < -0.39 is 0 Å². The van der Waals surface area contributed by atoms with Crippen molar-refractivity contribution in [1.82, 2.24) is 10.3 Å². The van der Waals surface area contributed by atoms with Crippen LogP contribution in [0.2, 0.25) is 0 Å². The number of nitrogens with zero attached hydrogens (tertiary/aromatic N) is 1. The van der Waals surface area contributed by atoms with Gasteiger partial charge in [0.25, 0.3) is 0 Å². The van der Waals surface area contributed by atoms with E-state index in [1.165, 1.54) is 32.1 Å². The summed E-state index contributed by atoms with van der Waals surface area (Å²) in [7, 11) is 0. The number of nitrogens with one attached hydrogen (secondary N) is 2. The Morgan fingerprint density at radius 2 is 1.90 bits per heavy atom. The fraction of sp³-hybridized carbons (Fsp3) is 0.562. The zero-order valence-corrected chi connectivity index (χ0v) is 12.1. The summed E-state index contributed by atoms with van der Waals surface area (Å²) < 4.78 is 0. The lowest BCUT2D eigenvalue weighted by molar-refractivity contribution is -0.134.